The molecule has 86 valence electrons. The van der Waals surface area contributed by atoms with Crippen LogP contribution in [0.4, 0.5) is 22.0 Å². The van der Waals surface area contributed by atoms with Gasteiger partial charge < -0.3 is 0 Å². The fourth-order valence-electron chi connectivity index (χ4n) is 1.20. The molecule has 0 radical (unpaired) electrons. The van der Waals surface area contributed by atoms with Gasteiger partial charge in [0.2, 0.25) is 0 Å². The first-order valence-electron chi connectivity index (χ1n) is 4.27. The Balaban J connectivity index is 4.49. The minimum Gasteiger partial charge on any atom is -0.196 e. The number of hydrogen-bond acceptors (Lipinski definition) is 0. The Hall–Kier alpha value is 0.380. The first-order valence-corrected chi connectivity index (χ1v) is 5.80. The highest BCUT2D eigenvalue weighted by molar-refractivity contribution is 14.1. The Labute approximate surface area is 93.4 Å². The number of alkyl halides is 6. The van der Waals surface area contributed by atoms with Crippen LogP contribution in [0.25, 0.3) is 0 Å². The zero-order valence-corrected chi connectivity index (χ0v) is 9.83. The van der Waals surface area contributed by atoms with Crippen LogP contribution >= 0.6 is 22.6 Å². The summed E-state index contributed by atoms with van der Waals surface area (Å²) in [6.45, 7) is 1.36. The normalized spacial score (nSPS) is 15.6. The summed E-state index contributed by atoms with van der Waals surface area (Å²) in [7, 11) is 0. The summed E-state index contributed by atoms with van der Waals surface area (Å²) in [6, 6.07) is 0. The minimum absolute atomic E-state index is 0.0774. The second-order valence-corrected chi connectivity index (χ2v) is 4.14. The molecule has 0 amide bonds. The van der Waals surface area contributed by atoms with Gasteiger partial charge in [-0.3, -0.25) is 0 Å². The lowest BCUT2D eigenvalue weighted by Gasteiger charge is -2.27. The van der Waals surface area contributed by atoms with E-state index in [1.165, 1.54) is 6.92 Å². The van der Waals surface area contributed by atoms with Gasteiger partial charge in [0.25, 0.3) is 0 Å². The lowest BCUT2D eigenvalue weighted by molar-refractivity contribution is -0.303. The van der Waals surface area contributed by atoms with Gasteiger partial charge in [-0.25, -0.2) is 0 Å². The van der Waals surface area contributed by atoms with Gasteiger partial charge in [0.15, 0.2) is 0 Å². The molecular weight excluding hydrogens is 318 g/mol. The molecule has 14 heavy (non-hydrogen) atoms. The van der Waals surface area contributed by atoms with Gasteiger partial charge in [-0.05, 0) is 23.7 Å². The molecule has 0 heterocycles. The number of hydrogen-bond donors (Lipinski definition) is 0. The first-order chi connectivity index (χ1) is 6.27. The molecule has 1 atom stereocenters. The molecule has 0 aromatic carbocycles. The van der Waals surface area contributed by atoms with Crippen molar-refractivity contribution in [3.05, 3.63) is 0 Å². The van der Waals surface area contributed by atoms with Crippen molar-refractivity contribution in [2.45, 2.75) is 38.3 Å². The molecule has 0 saturated heterocycles. The molecule has 0 aromatic rings. The van der Waals surface area contributed by atoms with Crippen LogP contribution in [-0.4, -0.2) is 16.5 Å². The van der Waals surface area contributed by atoms with E-state index in [9.17, 15) is 22.0 Å². The van der Waals surface area contributed by atoms with Crippen molar-refractivity contribution in [1.82, 2.24) is 0 Å². The van der Waals surface area contributed by atoms with Crippen LogP contribution in [0.2, 0.25) is 0 Å². The number of rotatable bonds is 5. The van der Waals surface area contributed by atoms with E-state index >= 15 is 0 Å². The highest BCUT2D eigenvalue weighted by Gasteiger charge is 2.61. The van der Waals surface area contributed by atoms with Gasteiger partial charge >= 0.3 is 12.1 Å². The molecule has 0 bridgehead atoms. The molecule has 1 unspecified atom stereocenters. The molecule has 0 N–H and O–H groups in total. The van der Waals surface area contributed by atoms with Crippen LogP contribution in [-0.2, 0) is 0 Å². The molecule has 0 aliphatic heterocycles. The monoisotopic (exact) mass is 330 g/mol. The lowest BCUT2D eigenvalue weighted by Crippen LogP contribution is -2.43. The maximum atomic E-state index is 12.8. The summed E-state index contributed by atoms with van der Waals surface area (Å²) < 4.78 is 62.0. The average molecular weight is 330 g/mol. The Morgan fingerprint density at radius 3 is 1.93 bits per heavy atom. The van der Waals surface area contributed by atoms with Crippen molar-refractivity contribution >= 4 is 22.6 Å². The smallest absolute Gasteiger partial charge is 0.196 e. The summed E-state index contributed by atoms with van der Waals surface area (Å²) in [5.41, 5.74) is 0. The van der Waals surface area contributed by atoms with Crippen LogP contribution in [0.1, 0.15) is 26.2 Å². The lowest BCUT2D eigenvalue weighted by atomic mass is 9.93. The quantitative estimate of drug-likeness (QED) is 0.398. The van der Waals surface area contributed by atoms with Crippen LogP contribution in [0.15, 0.2) is 0 Å². The van der Waals surface area contributed by atoms with Gasteiger partial charge in [0, 0.05) is 5.92 Å². The molecular formula is C8H12F5I. The fraction of sp³-hybridized carbons (Fsp3) is 1.00. The Morgan fingerprint density at radius 2 is 1.64 bits per heavy atom. The molecule has 0 aliphatic carbocycles. The molecule has 6 heteroatoms. The van der Waals surface area contributed by atoms with Crippen molar-refractivity contribution in [1.29, 1.82) is 0 Å². The standard InChI is InChI=1S/C8H12F5I/c1-2-6(4-3-5-14)7(9,10)8(11,12)13/h6H,2-5H2,1H3. The van der Waals surface area contributed by atoms with Gasteiger partial charge in [-0.2, -0.15) is 22.0 Å². The van der Waals surface area contributed by atoms with Gasteiger partial charge in [-0.15, -0.1) is 0 Å². The highest BCUT2D eigenvalue weighted by Crippen LogP contribution is 2.44. The van der Waals surface area contributed by atoms with E-state index in [0.717, 1.165) is 0 Å². The van der Waals surface area contributed by atoms with E-state index in [1.54, 1.807) is 0 Å². The minimum atomic E-state index is -5.42. The molecule has 0 aromatic heterocycles. The Morgan fingerprint density at radius 1 is 1.14 bits per heavy atom. The highest BCUT2D eigenvalue weighted by atomic mass is 127. The van der Waals surface area contributed by atoms with Gasteiger partial charge in [0.05, 0.1) is 0 Å². The van der Waals surface area contributed by atoms with E-state index in [0.29, 0.717) is 10.8 Å². The van der Waals surface area contributed by atoms with E-state index in [1.807, 2.05) is 22.6 Å². The van der Waals surface area contributed by atoms with Crippen LogP contribution in [0.5, 0.6) is 0 Å². The third kappa shape index (κ3) is 3.51. The number of halogens is 6. The maximum Gasteiger partial charge on any atom is 0.453 e. The fourth-order valence-corrected chi connectivity index (χ4v) is 1.64. The SMILES string of the molecule is CCC(CCCI)C(F)(F)C(F)(F)F. The summed E-state index contributed by atoms with van der Waals surface area (Å²) in [5.74, 6) is -6.13. The maximum absolute atomic E-state index is 12.8. The third-order valence-electron chi connectivity index (χ3n) is 2.07. The van der Waals surface area contributed by atoms with E-state index in [4.69, 9.17) is 0 Å². The molecule has 0 saturated carbocycles. The molecule has 0 rings (SSSR count). The van der Waals surface area contributed by atoms with Gasteiger partial charge in [0.1, 0.15) is 0 Å². The van der Waals surface area contributed by atoms with Crippen molar-refractivity contribution in [2.24, 2.45) is 5.92 Å². The largest absolute Gasteiger partial charge is 0.453 e. The van der Waals surface area contributed by atoms with Crippen LogP contribution in [0.3, 0.4) is 0 Å². The Kier molecular flexibility index (Phi) is 5.61. The predicted octanol–water partition coefficient (Wildman–Crippen LogP) is 4.43. The Bertz CT molecular complexity index is 166. The van der Waals surface area contributed by atoms with Crippen LogP contribution in [0, 0.1) is 5.92 Å². The van der Waals surface area contributed by atoms with E-state index in [-0.39, 0.29) is 12.8 Å². The molecule has 0 nitrogen and oxygen atoms in total. The summed E-state index contributed by atoms with van der Waals surface area (Å²) >= 11 is 1.96. The second-order valence-electron chi connectivity index (χ2n) is 3.06. The summed E-state index contributed by atoms with van der Waals surface area (Å²) in [5, 5.41) is 0. The van der Waals surface area contributed by atoms with Crippen molar-refractivity contribution in [3.8, 4) is 0 Å². The molecule has 0 spiro atoms. The average Bonchev–Trinajstić information content (AvgIpc) is 2.03. The summed E-state index contributed by atoms with van der Waals surface area (Å²) in [4.78, 5) is 0. The first kappa shape index (κ1) is 14.4. The van der Waals surface area contributed by atoms with Crippen molar-refractivity contribution in [3.63, 3.8) is 0 Å². The molecule has 0 fully saturated rings. The topological polar surface area (TPSA) is 0 Å². The predicted molar refractivity (Wildman–Crippen MR) is 52.9 cm³/mol. The van der Waals surface area contributed by atoms with Crippen LogP contribution < -0.4 is 0 Å². The van der Waals surface area contributed by atoms with E-state index < -0.39 is 18.0 Å². The van der Waals surface area contributed by atoms with E-state index in [2.05, 4.69) is 0 Å². The zero-order valence-electron chi connectivity index (χ0n) is 7.67. The van der Waals surface area contributed by atoms with Crippen molar-refractivity contribution < 1.29 is 22.0 Å². The molecule has 0 aliphatic rings. The third-order valence-corrected chi connectivity index (χ3v) is 2.83. The second kappa shape index (κ2) is 5.46. The van der Waals surface area contributed by atoms with Crippen molar-refractivity contribution in [2.75, 3.05) is 4.43 Å². The van der Waals surface area contributed by atoms with Gasteiger partial charge in [-0.1, -0.05) is 29.5 Å². The zero-order chi connectivity index (χ0) is 11.4. The summed E-state index contributed by atoms with van der Waals surface area (Å²) in [6.07, 6.45) is -5.25.